The van der Waals surface area contributed by atoms with Gasteiger partial charge in [-0.05, 0) is 25.3 Å². The highest BCUT2D eigenvalue weighted by Gasteiger charge is 2.43. The van der Waals surface area contributed by atoms with Crippen LogP contribution in [0.3, 0.4) is 0 Å². The van der Waals surface area contributed by atoms with E-state index in [0.29, 0.717) is 29.7 Å². The Labute approximate surface area is 266 Å². The van der Waals surface area contributed by atoms with Crippen LogP contribution in [0.4, 0.5) is 26.3 Å². The summed E-state index contributed by atoms with van der Waals surface area (Å²) < 4.78 is 89.9. The Morgan fingerprint density at radius 1 is 0.917 bits per heavy atom. The van der Waals surface area contributed by atoms with E-state index in [0.717, 1.165) is 12.8 Å². The summed E-state index contributed by atoms with van der Waals surface area (Å²) in [4.78, 5) is 24.4. The van der Waals surface area contributed by atoms with E-state index in [2.05, 4.69) is 20.6 Å². The molecule has 2 aromatic heterocycles. The van der Waals surface area contributed by atoms with Crippen LogP contribution in [0.15, 0.2) is 57.6 Å². The number of rotatable bonds is 6. The zero-order valence-corrected chi connectivity index (χ0v) is 24.5. The Morgan fingerprint density at radius 2 is 1.62 bits per heavy atom. The molecule has 0 bridgehead atoms. The smallest absolute Gasteiger partial charge is 0.490 e. The van der Waals surface area contributed by atoms with Crippen molar-refractivity contribution in [2.45, 2.75) is 56.2 Å². The molecule has 18 heteroatoms. The van der Waals surface area contributed by atoms with Gasteiger partial charge in [-0.3, -0.25) is 4.79 Å². The third-order valence-corrected chi connectivity index (χ3v) is 7.75. The first-order valence-corrected chi connectivity index (χ1v) is 14.3. The van der Waals surface area contributed by atoms with Crippen LogP contribution in [0.5, 0.6) is 5.75 Å². The van der Waals surface area contributed by atoms with Gasteiger partial charge >= 0.3 is 24.3 Å². The monoisotopic (exact) mass is 684 g/mol. The molecule has 0 amide bonds. The maximum Gasteiger partial charge on any atom is 0.490 e. The first kappa shape index (κ1) is 34.4. The molecule has 2 aromatic carbocycles. The predicted octanol–water partition coefficient (Wildman–Crippen LogP) is 5.74. The molecule has 0 unspecified atom stereocenters. The van der Waals surface area contributed by atoms with E-state index in [4.69, 9.17) is 23.7 Å². The quantitative estimate of drug-likeness (QED) is 0.181. The van der Waals surface area contributed by atoms with Crippen molar-refractivity contribution >= 4 is 11.9 Å². The minimum absolute atomic E-state index is 0.00570. The van der Waals surface area contributed by atoms with Gasteiger partial charge in [0, 0.05) is 22.7 Å². The lowest BCUT2D eigenvalue weighted by Gasteiger charge is -2.36. The number of halogens is 6. The molecule has 6 rings (SSSR count). The number of fused-ring (bicyclic) bond motifs is 1. The van der Waals surface area contributed by atoms with E-state index in [1.165, 1.54) is 12.1 Å². The molecule has 1 aliphatic heterocycles. The Balaban J connectivity index is 0.000000582. The van der Waals surface area contributed by atoms with Crippen LogP contribution in [0.2, 0.25) is 0 Å². The molecule has 4 N–H and O–H groups in total. The van der Waals surface area contributed by atoms with E-state index in [1.807, 2.05) is 0 Å². The second-order valence-electron chi connectivity index (χ2n) is 11.0. The largest absolute Gasteiger partial charge is 0.491 e. The number of hydrogen-bond donors (Lipinski definition) is 4. The van der Waals surface area contributed by atoms with Gasteiger partial charge in [-0.25, -0.2) is 4.79 Å². The zero-order valence-electron chi connectivity index (χ0n) is 24.5. The van der Waals surface area contributed by atoms with E-state index in [9.17, 15) is 41.4 Å². The van der Waals surface area contributed by atoms with E-state index >= 15 is 0 Å². The highest BCUT2D eigenvalue weighted by Crippen LogP contribution is 2.43. The Hall–Kier alpha value is -4.97. The highest BCUT2D eigenvalue weighted by atomic mass is 19.4. The SMILES string of the molecule is O=C(O)C(F)(F)F.O=C(O)[C@H]1CCC[C@H](N[C@@H]2COc3cc(-c4noc(-c5onc(-c6ccccc6)c5C(F)(F)F)n4)ccc3[C@@H]2O)C1. The average molecular weight is 685 g/mol. The first-order valence-electron chi connectivity index (χ1n) is 14.3. The maximum absolute atomic E-state index is 14.0. The first-order chi connectivity index (χ1) is 22.6. The number of aliphatic hydroxyl groups is 1. The van der Waals surface area contributed by atoms with Crippen molar-refractivity contribution in [2.75, 3.05) is 6.61 Å². The van der Waals surface area contributed by atoms with Crippen molar-refractivity contribution in [3.63, 3.8) is 0 Å². The van der Waals surface area contributed by atoms with Gasteiger partial charge in [-0.1, -0.05) is 59.2 Å². The molecule has 2 aliphatic rings. The van der Waals surface area contributed by atoms with Gasteiger partial charge < -0.3 is 34.4 Å². The van der Waals surface area contributed by atoms with Crippen molar-refractivity contribution in [1.82, 2.24) is 20.6 Å². The molecule has 0 radical (unpaired) electrons. The number of carbonyl (C=O) groups is 2. The lowest BCUT2D eigenvalue weighted by Crippen LogP contribution is -2.49. The molecular formula is C30H26F6N4O8. The summed E-state index contributed by atoms with van der Waals surface area (Å²) in [5, 5.41) is 38.3. The number of alkyl halides is 6. The van der Waals surface area contributed by atoms with Crippen molar-refractivity contribution in [3.05, 3.63) is 59.7 Å². The summed E-state index contributed by atoms with van der Waals surface area (Å²) in [5.41, 5.74) is -0.391. The fourth-order valence-corrected chi connectivity index (χ4v) is 5.46. The van der Waals surface area contributed by atoms with E-state index in [-0.39, 0.29) is 29.7 Å². The van der Waals surface area contributed by atoms with Gasteiger partial charge in [0.15, 0.2) is 0 Å². The number of aromatic nitrogens is 3. The summed E-state index contributed by atoms with van der Waals surface area (Å²) in [7, 11) is 0. The van der Waals surface area contributed by atoms with Crippen LogP contribution in [0.25, 0.3) is 34.3 Å². The summed E-state index contributed by atoms with van der Waals surface area (Å²) >= 11 is 0. The molecule has 3 heterocycles. The topological polar surface area (TPSA) is 181 Å². The minimum atomic E-state index is -5.08. The Bertz CT molecular complexity index is 1760. The Morgan fingerprint density at radius 3 is 2.27 bits per heavy atom. The predicted molar refractivity (Wildman–Crippen MR) is 150 cm³/mol. The molecule has 12 nitrogen and oxygen atoms in total. The van der Waals surface area contributed by atoms with Crippen molar-refractivity contribution < 1.29 is 65.0 Å². The fourth-order valence-electron chi connectivity index (χ4n) is 5.46. The summed E-state index contributed by atoms with van der Waals surface area (Å²) in [6.07, 6.45) is -8.08. The van der Waals surface area contributed by atoms with Gasteiger partial charge in [0.1, 0.15) is 29.7 Å². The number of aliphatic hydroxyl groups excluding tert-OH is 1. The van der Waals surface area contributed by atoms with Gasteiger partial charge in [-0.2, -0.15) is 31.3 Å². The van der Waals surface area contributed by atoms with Gasteiger partial charge in [0.25, 0.3) is 5.89 Å². The second-order valence-corrected chi connectivity index (χ2v) is 11.0. The molecule has 1 aliphatic carbocycles. The van der Waals surface area contributed by atoms with Gasteiger partial charge in [0.05, 0.1) is 12.0 Å². The molecule has 1 saturated carbocycles. The third kappa shape index (κ3) is 7.60. The standard InChI is InChI=1S/C28H25F3N4O6.C2HF3O2/c29-28(30,31)21-22(14-5-2-1-3-6-14)34-40-24(21)26-33-25(35-41-26)15-9-10-18-20(12-15)39-13-19(23(18)36)32-17-8-4-7-16(11-17)27(37)38;3-2(4,5)1(6)7/h1-3,5-6,9-10,12,16-17,19,23,32,36H,4,7-8,11,13H2,(H,37,38);(H,6,7)/t16-,17-,19+,23-;/m0./s1. The van der Waals surface area contributed by atoms with Crippen molar-refractivity contribution in [2.24, 2.45) is 5.92 Å². The summed E-state index contributed by atoms with van der Waals surface area (Å²) in [6.45, 7) is 0.138. The number of nitrogens with zero attached hydrogens (tertiary/aromatic N) is 3. The van der Waals surface area contributed by atoms with Crippen LogP contribution in [-0.4, -0.2) is 67.4 Å². The minimum Gasteiger partial charge on any atom is -0.491 e. The van der Waals surface area contributed by atoms with Crippen molar-refractivity contribution in [3.8, 4) is 40.0 Å². The summed E-state index contributed by atoms with van der Waals surface area (Å²) in [5.74, 6) is -4.80. The highest BCUT2D eigenvalue weighted by molar-refractivity contribution is 5.73. The second kappa shape index (κ2) is 13.6. The average Bonchev–Trinajstić information content (AvgIpc) is 3.71. The fraction of sp³-hybridized carbons (Fsp3) is 0.367. The number of hydrogen-bond acceptors (Lipinski definition) is 10. The van der Waals surface area contributed by atoms with E-state index < -0.39 is 59.6 Å². The van der Waals surface area contributed by atoms with Crippen LogP contribution < -0.4 is 10.1 Å². The lowest BCUT2D eigenvalue weighted by molar-refractivity contribution is -0.192. The number of carboxylic acids is 2. The van der Waals surface area contributed by atoms with Crippen molar-refractivity contribution in [1.29, 1.82) is 0 Å². The maximum atomic E-state index is 14.0. The molecule has 48 heavy (non-hydrogen) atoms. The number of nitrogens with one attached hydrogen (secondary N) is 1. The molecule has 4 aromatic rings. The third-order valence-electron chi connectivity index (χ3n) is 7.75. The van der Waals surface area contributed by atoms with Crippen LogP contribution >= 0.6 is 0 Å². The summed E-state index contributed by atoms with van der Waals surface area (Å²) in [6, 6.07) is 12.1. The molecule has 0 saturated heterocycles. The Kier molecular flexibility index (Phi) is 9.76. The molecule has 4 atom stereocenters. The number of aliphatic carboxylic acids is 2. The van der Waals surface area contributed by atoms with Gasteiger partial charge in [0.2, 0.25) is 11.6 Å². The van der Waals surface area contributed by atoms with E-state index in [1.54, 1.807) is 36.4 Å². The molecular weight excluding hydrogens is 658 g/mol. The molecule has 256 valence electrons. The number of ether oxygens (including phenoxy) is 1. The lowest BCUT2D eigenvalue weighted by atomic mass is 9.85. The molecule has 0 spiro atoms. The van der Waals surface area contributed by atoms with Gasteiger partial charge in [-0.15, -0.1) is 0 Å². The van der Waals surface area contributed by atoms with Crippen LogP contribution in [0.1, 0.15) is 42.9 Å². The van der Waals surface area contributed by atoms with Crippen LogP contribution in [-0.2, 0) is 15.8 Å². The zero-order chi connectivity index (χ0) is 34.8. The molecule has 1 fully saturated rings. The normalized spacial score (nSPS) is 21.0. The number of carboxylic acid groups (broad SMARTS) is 2. The number of benzene rings is 2. The van der Waals surface area contributed by atoms with Crippen LogP contribution in [0, 0.1) is 5.92 Å².